The highest BCUT2D eigenvalue weighted by Gasteiger charge is 2.34. The van der Waals surface area contributed by atoms with Gasteiger partial charge in [0, 0.05) is 12.1 Å². The van der Waals surface area contributed by atoms with Gasteiger partial charge in [0.2, 0.25) is 0 Å². The van der Waals surface area contributed by atoms with Crippen molar-refractivity contribution in [3.05, 3.63) is 106 Å². The van der Waals surface area contributed by atoms with E-state index < -0.39 is 4.92 Å². The molecule has 0 spiro atoms. The van der Waals surface area contributed by atoms with Crippen LogP contribution in [0.4, 0.5) is 17.1 Å². The summed E-state index contributed by atoms with van der Waals surface area (Å²) in [6, 6.07) is 24.9. The van der Waals surface area contributed by atoms with Gasteiger partial charge in [0.15, 0.2) is 5.17 Å². The van der Waals surface area contributed by atoms with E-state index in [9.17, 15) is 14.9 Å². The largest absolute Gasteiger partial charge is 0.271 e. The number of rotatable bonds is 4. The Balaban J connectivity index is 1.76. The number of amidine groups is 1. The van der Waals surface area contributed by atoms with E-state index >= 15 is 0 Å². The van der Waals surface area contributed by atoms with E-state index in [1.807, 2.05) is 60.7 Å². The van der Waals surface area contributed by atoms with E-state index in [0.717, 1.165) is 5.69 Å². The Bertz CT molecular complexity index is 1130. The maximum Gasteiger partial charge on any atom is 0.271 e. The molecule has 1 amide bonds. The molecule has 6 nitrogen and oxygen atoms in total. The van der Waals surface area contributed by atoms with Crippen LogP contribution in [0.15, 0.2) is 94.8 Å². The Kier molecular flexibility index (Phi) is 5.22. The summed E-state index contributed by atoms with van der Waals surface area (Å²) in [4.78, 5) is 30.4. The maximum absolute atomic E-state index is 13.2. The molecule has 0 radical (unpaired) electrons. The second-order valence-corrected chi connectivity index (χ2v) is 7.18. The fourth-order valence-corrected chi connectivity index (χ4v) is 3.85. The third-order valence-electron chi connectivity index (χ3n) is 4.18. The predicted octanol–water partition coefficient (Wildman–Crippen LogP) is 5.40. The molecule has 0 saturated carbocycles. The van der Waals surface area contributed by atoms with Gasteiger partial charge in [-0.1, -0.05) is 48.5 Å². The first-order valence-corrected chi connectivity index (χ1v) is 9.61. The fourth-order valence-electron chi connectivity index (χ4n) is 2.85. The molecule has 0 atom stereocenters. The van der Waals surface area contributed by atoms with Crippen LogP contribution in [0.1, 0.15) is 5.56 Å². The van der Waals surface area contributed by atoms with E-state index in [2.05, 4.69) is 4.99 Å². The molecule has 3 aromatic carbocycles. The van der Waals surface area contributed by atoms with Crippen molar-refractivity contribution in [2.75, 3.05) is 4.90 Å². The average molecular weight is 401 g/mol. The Morgan fingerprint density at radius 3 is 2.31 bits per heavy atom. The van der Waals surface area contributed by atoms with Crippen molar-refractivity contribution in [3.8, 4) is 0 Å². The van der Waals surface area contributed by atoms with Gasteiger partial charge in [-0.25, -0.2) is 4.99 Å². The Labute approximate surface area is 171 Å². The molecule has 0 aromatic heterocycles. The zero-order valence-corrected chi connectivity index (χ0v) is 16.0. The number of nitro groups is 1. The van der Waals surface area contributed by atoms with Gasteiger partial charge in [0.1, 0.15) is 0 Å². The molecular formula is C22H15N3O3S. The molecule has 1 aliphatic heterocycles. The third-order valence-corrected chi connectivity index (χ3v) is 5.15. The molecule has 0 N–H and O–H groups in total. The number of non-ortho nitro benzene ring substituents is 1. The number of carbonyl (C=O) groups is 1. The highest BCUT2D eigenvalue weighted by Crippen LogP contribution is 2.37. The van der Waals surface area contributed by atoms with Gasteiger partial charge in [0.05, 0.1) is 21.2 Å². The molecule has 1 fully saturated rings. The number of hydrogen-bond donors (Lipinski definition) is 0. The zero-order chi connectivity index (χ0) is 20.2. The SMILES string of the molecule is O=C1C(=Cc2cccc([N+](=O)[O-])c2)SC(=Nc2ccccc2)N1c1ccccc1. The van der Waals surface area contributed by atoms with Crippen LogP contribution in [0.25, 0.3) is 6.08 Å². The van der Waals surface area contributed by atoms with Crippen molar-refractivity contribution in [2.24, 2.45) is 4.99 Å². The topological polar surface area (TPSA) is 75.8 Å². The highest BCUT2D eigenvalue weighted by atomic mass is 32.2. The number of carbonyl (C=O) groups excluding carboxylic acids is 1. The fraction of sp³-hybridized carbons (Fsp3) is 0. The third kappa shape index (κ3) is 4.09. The van der Waals surface area contributed by atoms with Crippen LogP contribution in [0.5, 0.6) is 0 Å². The summed E-state index contributed by atoms with van der Waals surface area (Å²) in [5, 5.41) is 11.6. The minimum absolute atomic E-state index is 0.0205. The summed E-state index contributed by atoms with van der Waals surface area (Å²) in [5.41, 5.74) is 2.01. The molecule has 0 aliphatic carbocycles. The number of aliphatic imine (C=N–C) groups is 1. The van der Waals surface area contributed by atoms with Gasteiger partial charge >= 0.3 is 0 Å². The normalized spacial score (nSPS) is 16.6. The number of nitrogens with zero attached hydrogens (tertiary/aromatic N) is 3. The Morgan fingerprint density at radius 1 is 0.931 bits per heavy atom. The summed E-state index contributed by atoms with van der Waals surface area (Å²) in [6.07, 6.45) is 1.66. The van der Waals surface area contributed by atoms with Crippen molar-refractivity contribution in [3.63, 3.8) is 0 Å². The summed E-state index contributed by atoms with van der Waals surface area (Å²) in [6.45, 7) is 0. The van der Waals surface area contributed by atoms with Gasteiger partial charge in [-0.2, -0.15) is 0 Å². The van der Waals surface area contributed by atoms with Gasteiger partial charge in [-0.15, -0.1) is 0 Å². The minimum atomic E-state index is -0.454. The molecule has 29 heavy (non-hydrogen) atoms. The van der Waals surface area contributed by atoms with E-state index in [1.54, 1.807) is 23.1 Å². The molecule has 0 unspecified atom stereocenters. The van der Waals surface area contributed by atoms with Gasteiger partial charge in [-0.3, -0.25) is 19.8 Å². The molecule has 1 saturated heterocycles. The standard InChI is InChI=1S/C22H15N3O3S/c26-21-20(15-16-8-7-13-19(14-16)25(27)28)29-22(23-17-9-3-1-4-10-17)24(21)18-11-5-2-6-12-18/h1-15H. The first kappa shape index (κ1) is 18.6. The van der Waals surface area contributed by atoms with Gasteiger partial charge < -0.3 is 0 Å². The lowest BCUT2D eigenvalue weighted by atomic mass is 10.2. The first-order valence-electron chi connectivity index (χ1n) is 8.79. The van der Waals surface area contributed by atoms with Gasteiger partial charge in [0.25, 0.3) is 11.6 Å². The lowest BCUT2D eigenvalue weighted by molar-refractivity contribution is -0.384. The molecule has 142 valence electrons. The van der Waals surface area contributed by atoms with Crippen molar-refractivity contribution in [2.45, 2.75) is 0 Å². The summed E-state index contributed by atoms with van der Waals surface area (Å²) < 4.78 is 0. The van der Waals surface area contributed by atoms with Crippen LogP contribution >= 0.6 is 11.8 Å². The van der Waals surface area contributed by atoms with E-state index in [0.29, 0.717) is 21.3 Å². The number of nitro benzene ring substituents is 1. The van der Waals surface area contributed by atoms with Crippen LogP contribution < -0.4 is 4.90 Å². The number of amides is 1. The second kappa shape index (κ2) is 8.12. The van der Waals surface area contributed by atoms with Crippen LogP contribution in [-0.4, -0.2) is 16.0 Å². The quantitative estimate of drug-likeness (QED) is 0.333. The number of hydrogen-bond acceptors (Lipinski definition) is 5. The van der Waals surface area contributed by atoms with Gasteiger partial charge in [-0.05, 0) is 47.7 Å². The maximum atomic E-state index is 13.2. The molecular weight excluding hydrogens is 386 g/mol. The molecule has 4 rings (SSSR count). The summed E-state index contributed by atoms with van der Waals surface area (Å²) in [5.74, 6) is -0.220. The van der Waals surface area contributed by atoms with Crippen LogP contribution in [-0.2, 0) is 4.79 Å². The van der Waals surface area contributed by atoms with Crippen molar-refractivity contribution >= 4 is 46.0 Å². The number of anilines is 1. The summed E-state index contributed by atoms with van der Waals surface area (Å²) in [7, 11) is 0. The average Bonchev–Trinajstić information content (AvgIpc) is 3.04. The van der Waals surface area contributed by atoms with Crippen molar-refractivity contribution in [1.82, 2.24) is 0 Å². The Hall–Kier alpha value is -3.71. The monoisotopic (exact) mass is 401 g/mol. The zero-order valence-electron chi connectivity index (χ0n) is 15.1. The van der Waals surface area contributed by atoms with Crippen LogP contribution in [0.2, 0.25) is 0 Å². The lowest BCUT2D eigenvalue weighted by Crippen LogP contribution is -2.28. The first-order chi connectivity index (χ1) is 14.1. The minimum Gasteiger partial charge on any atom is -0.268 e. The molecule has 7 heteroatoms. The van der Waals surface area contributed by atoms with Crippen molar-refractivity contribution in [1.29, 1.82) is 0 Å². The smallest absolute Gasteiger partial charge is 0.268 e. The molecule has 3 aromatic rings. The molecule has 1 heterocycles. The number of benzene rings is 3. The van der Waals surface area contributed by atoms with Crippen LogP contribution in [0, 0.1) is 10.1 Å². The molecule has 0 bridgehead atoms. The Morgan fingerprint density at radius 2 is 1.62 bits per heavy atom. The van der Waals surface area contributed by atoms with Crippen LogP contribution in [0.3, 0.4) is 0 Å². The van der Waals surface area contributed by atoms with E-state index in [4.69, 9.17) is 0 Å². The summed E-state index contributed by atoms with van der Waals surface area (Å²) >= 11 is 1.24. The lowest BCUT2D eigenvalue weighted by Gasteiger charge is -2.15. The highest BCUT2D eigenvalue weighted by molar-refractivity contribution is 8.19. The number of thioether (sulfide) groups is 1. The van der Waals surface area contributed by atoms with E-state index in [-0.39, 0.29) is 11.6 Å². The predicted molar refractivity (Wildman–Crippen MR) is 116 cm³/mol. The second-order valence-electron chi connectivity index (χ2n) is 6.17. The number of para-hydroxylation sites is 2. The molecule has 1 aliphatic rings. The van der Waals surface area contributed by atoms with E-state index in [1.165, 1.54) is 23.9 Å². The van der Waals surface area contributed by atoms with Crippen molar-refractivity contribution < 1.29 is 9.72 Å².